The molecule has 0 bridgehead atoms. The average Bonchev–Trinajstić information content (AvgIpc) is 2.53. The van der Waals surface area contributed by atoms with Crippen molar-refractivity contribution in [3.63, 3.8) is 0 Å². The van der Waals surface area contributed by atoms with Gasteiger partial charge in [-0.3, -0.25) is 4.79 Å². The SMILES string of the molecule is COc1cc(-c2cccc(C(N)=O)n2)cc(OC)c1OC. The second-order valence-corrected chi connectivity index (χ2v) is 4.19. The van der Waals surface area contributed by atoms with E-state index in [-0.39, 0.29) is 5.69 Å². The van der Waals surface area contributed by atoms with Crippen LogP contribution in [0.5, 0.6) is 17.2 Å². The first kappa shape index (κ1) is 14.6. The van der Waals surface area contributed by atoms with E-state index in [1.807, 2.05) is 0 Å². The van der Waals surface area contributed by atoms with Gasteiger partial charge < -0.3 is 19.9 Å². The first-order chi connectivity index (χ1) is 10.1. The highest BCUT2D eigenvalue weighted by Crippen LogP contribution is 2.40. The molecule has 1 aromatic carbocycles. The van der Waals surface area contributed by atoms with E-state index < -0.39 is 5.91 Å². The summed E-state index contributed by atoms with van der Waals surface area (Å²) in [6, 6.07) is 8.56. The average molecular weight is 288 g/mol. The Morgan fingerprint density at radius 3 is 2.14 bits per heavy atom. The Bertz CT molecular complexity index is 645. The van der Waals surface area contributed by atoms with Crippen molar-refractivity contribution in [2.24, 2.45) is 5.73 Å². The Hall–Kier alpha value is -2.76. The summed E-state index contributed by atoms with van der Waals surface area (Å²) >= 11 is 0. The van der Waals surface area contributed by atoms with Crippen LogP contribution in [0.15, 0.2) is 30.3 Å². The second kappa shape index (κ2) is 6.13. The molecule has 0 unspecified atom stereocenters. The van der Waals surface area contributed by atoms with E-state index in [1.54, 1.807) is 30.3 Å². The highest BCUT2D eigenvalue weighted by Gasteiger charge is 2.15. The number of carbonyl (C=O) groups excluding carboxylic acids is 1. The van der Waals surface area contributed by atoms with Gasteiger partial charge in [-0.25, -0.2) is 4.98 Å². The molecule has 0 saturated heterocycles. The summed E-state index contributed by atoms with van der Waals surface area (Å²) in [5, 5.41) is 0. The fraction of sp³-hybridized carbons (Fsp3) is 0.200. The Balaban J connectivity index is 2.58. The fourth-order valence-electron chi connectivity index (χ4n) is 1.96. The predicted octanol–water partition coefficient (Wildman–Crippen LogP) is 1.87. The first-order valence-electron chi connectivity index (χ1n) is 6.18. The maximum absolute atomic E-state index is 11.2. The molecular formula is C15H16N2O4. The summed E-state index contributed by atoms with van der Waals surface area (Å²) in [7, 11) is 4.61. The third-order valence-electron chi connectivity index (χ3n) is 2.96. The third-order valence-corrected chi connectivity index (χ3v) is 2.96. The lowest BCUT2D eigenvalue weighted by molar-refractivity contribution is 0.0995. The summed E-state index contributed by atoms with van der Waals surface area (Å²) in [5.41, 5.74) is 6.76. The Kier molecular flexibility index (Phi) is 4.27. The van der Waals surface area contributed by atoms with Crippen molar-refractivity contribution in [1.29, 1.82) is 0 Å². The van der Waals surface area contributed by atoms with Gasteiger partial charge in [0.15, 0.2) is 11.5 Å². The minimum absolute atomic E-state index is 0.196. The third kappa shape index (κ3) is 2.89. The highest BCUT2D eigenvalue weighted by molar-refractivity contribution is 5.91. The van der Waals surface area contributed by atoms with Crippen molar-refractivity contribution >= 4 is 5.91 Å². The van der Waals surface area contributed by atoms with Crippen LogP contribution in [0.25, 0.3) is 11.3 Å². The number of hydrogen-bond donors (Lipinski definition) is 1. The fourth-order valence-corrected chi connectivity index (χ4v) is 1.96. The molecule has 6 heteroatoms. The van der Waals surface area contributed by atoms with E-state index >= 15 is 0 Å². The number of aromatic nitrogens is 1. The molecule has 0 aliphatic carbocycles. The van der Waals surface area contributed by atoms with Crippen LogP contribution in [0.3, 0.4) is 0 Å². The second-order valence-electron chi connectivity index (χ2n) is 4.19. The van der Waals surface area contributed by atoms with Crippen LogP contribution in [0.1, 0.15) is 10.5 Å². The quantitative estimate of drug-likeness (QED) is 0.908. The zero-order valence-electron chi connectivity index (χ0n) is 12.0. The van der Waals surface area contributed by atoms with Crippen molar-refractivity contribution < 1.29 is 19.0 Å². The van der Waals surface area contributed by atoms with Gasteiger partial charge in [-0.15, -0.1) is 0 Å². The van der Waals surface area contributed by atoms with Crippen molar-refractivity contribution in [1.82, 2.24) is 4.98 Å². The number of carbonyl (C=O) groups is 1. The van der Waals surface area contributed by atoms with Gasteiger partial charge in [0, 0.05) is 5.56 Å². The minimum atomic E-state index is -0.579. The van der Waals surface area contributed by atoms with Gasteiger partial charge in [-0.05, 0) is 24.3 Å². The standard InChI is InChI=1S/C15H16N2O4/c1-19-12-7-9(8-13(20-2)14(12)21-3)10-5-4-6-11(17-10)15(16)18/h4-8H,1-3H3,(H2,16,18). The number of pyridine rings is 1. The van der Waals surface area contributed by atoms with Gasteiger partial charge in [-0.1, -0.05) is 6.07 Å². The van der Waals surface area contributed by atoms with E-state index in [0.29, 0.717) is 22.9 Å². The molecule has 0 fully saturated rings. The van der Waals surface area contributed by atoms with Crippen LogP contribution in [0.2, 0.25) is 0 Å². The van der Waals surface area contributed by atoms with Crippen LogP contribution in [-0.4, -0.2) is 32.2 Å². The van der Waals surface area contributed by atoms with Crippen LogP contribution in [-0.2, 0) is 0 Å². The maximum Gasteiger partial charge on any atom is 0.267 e. The van der Waals surface area contributed by atoms with Gasteiger partial charge in [0.2, 0.25) is 5.75 Å². The number of hydrogen-bond acceptors (Lipinski definition) is 5. The van der Waals surface area contributed by atoms with Gasteiger partial charge in [-0.2, -0.15) is 0 Å². The summed E-state index contributed by atoms with van der Waals surface area (Å²) in [5.74, 6) is 0.940. The van der Waals surface area contributed by atoms with E-state index in [9.17, 15) is 4.79 Å². The van der Waals surface area contributed by atoms with E-state index in [4.69, 9.17) is 19.9 Å². The molecule has 0 aliphatic rings. The van der Waals surface area contributed by atoms with E-state index in [0.717, 1.165) is 5.56 Å². The topological polar surface area (TPSA) is 83.7 Å². The molecule has 1 aromatic heterocycles. The lowest BCUT2D eigenvalue weighted by atomic mass is 10.1. The van der Waals surface area contributed by atoms with Gasteiger partial charge in [0.1, 0.15) is 5.69 Å². The molecule has 1 amide bonds. The maximum atomic E-state index is 11.2. The molecule has 0 radical (unpaired) electrons. The summed E-state index contributed by atoms with van der Waals surface area (Å²) in [4.78, 5) is 15.4. The summed E-state index contributed by atoms with van der Waals surface area (Å²) in [6.07, 6.45) is 0. The van der Waals surface area contributed by atoms with Gasteiger partial charge in [0.25, 0.3) is 5.91 Å². The van der Waals surface area contributed by atoms with Crippen molar-refractivity contribution in [3.8, 4) is 28.5 Å². The zero-order chi connectivity index (χ0) is 15.4. The normalized spacial score (nSPS) is 10.0. The van der Waals surface area contributed by atoms with Crippen molar-refractivity contribution in [3.05, 3.63) is 36.0 Å². The number of primary amides is 1. The molecule has 110 valence electrons. The molecule has 0 saturated carbocycles. The highest BCUT2D eigenvalue weighted by atomic mass is 16.5. The van der Waals surface area contributed by atoms with Crippen molar-refractivity contribution in [2.75, 3.05) is 21.3 Å². The number of nitrogens with zero attached hydrogens (tertiary/aromatic N) is 1. The number of benzene rings is 1. The number of rotatable bonds is 5. The van der Waals surface area contributed by atoms with Crippen molar-refractivity contribution in [2.45, 2.75) is 0 Å². The van der Waals surface area contributed by atoms with Gasteiger partial charge >= 0.3 is 0 Å². The largest absolute Gasteiger partial charge is 0.493 e. The van der Waals surface area contributed by atoms with Crippen LogP contribution in [0.4, 0.5) is 0 Å². The van der Waals surface area contributed by atoms with Crippen LogP contribution < -0.4 is 19.9 Å². The van der Waals surface area contributed by atoms with Crippen LogP contribution >= 0.6 is 0 Å². The summed E-state index contributed by atoms with van der Waals surface area (Å²) in [6.45, 7) is 0. The monoisotopic (exact) mass is 288 g/mol. The molecule has 2 rings (SSSR count). The molecule has 1 heterocycles. The first-order valence-corrected chi connectivity index (χ1v) is 6.18. The molecule has 2 N–H and O–H groups in total. The van der Waals surface area contributed by atoms with E-state index in [2.05, 4.69) is 4.98 Å². The molecular weight excluding hydrogens is 272 g/mol. The lowest BCUT2D eigenvalue weighted by Crippen LogP contribution is -2.13. The lowest BCUT2D eigenvalue weighted by Gasteiger charge is -2.14. The molecule has 6 nitrogen and oxygen atoms in total. The number of amides is 1. The van der Waals surface area contributed by atoms with E-state index in [1.165, 1.54) is 21.3 Å². The van der Waals surface area contributed by atoms with Crippen LogP contribution in [0, 0.1) is 0 Å². The summed E-state index contributed by atoms with van der Waals surface area (Å²) < 4.78 is 15.9. The zero-order valence-corrected chi connectivity index (χ0v) is 12.0. The molecule has 0 spiro atoms. The molecule has 21 heavy (non-hydrogen) atoms. The minimum Gasteiger partial charge on any atom is -0.493 e. The van der Waals surface area contributed by atoms with Gasteiger partial charge in [0.05, 0.1) is 27.0 Å². The smallest absolute Gasteiger partial charge is 0.267 e. The Labute approximate surface area is 122 Å². The molecule has 0 atom stereocenters. The number of nitrogens with two attached hydrogens (primary N) is 1. The Morgan fingerprint density at radius 1 is 1.05 bits per heavy atom. The number of methoxy groups -OCH3 is 3. The molecule has 0 aliphatic heterocycles. The Morgan fingerprint density at radius 2 is 1.67 bits per heavy atom. The predicted molar refractivity (Wildman–Crippen MR) is 77.8 cm³/mol. The molecule has 2 aromatic rings. The number of ether oxygens (including phenoxy) is 3.